The fraction of sp³-hybridized carbons (Fsp3) is 0.421. The summed E-state index contributed by atoms with van der Waals surface area (Å²) in [6.07, 6.45) is 6.90. The van der Waals surface area contributed by atoms with E-state index in [4.69, 9.17) is 4.74 Å². The van der Waals surface area contributed by atoms with E-state index in [-0.39, 0.29) is 5.91 Å². The van der Waals surface area contributed by atoms with Crippen molar-refractivity contribution in [3.63, 3.8) is 0 Å². The van der Waals surface area contributed by atoms with E-state index in [1.54, 1.807) is 6.08 Å². The molecule has 2 rings (SSSR count). The quantitative estimate of drug-likeness (QED) is 0.616. The highest BCUT2D eigenvalue weighted by molar-refractivity contribution is 5.99. The molecule has 1 aromatic carbocycles. The Bertz CT molecular complexity index is 558. The first kappa shape index (κ1) is 18.2. The van der Waals surface area contributed by atoms with E-state index in [2.05, 4.69) is 22.2 Å². The van der Waals surface area contributed by atoms with Crippen molar-refractivity contribution in [1.29, 1.82) is 0 Å². The Kier molecular flexibility index (Phi) is 7.52. The second kappa shape index (κ2) is 9.90. The topological polar surface area (TPSA) is 44.8 Å². The lowest BCUT2D eigenvalue weighted by Crippen LogP contribution is -2.45. The molecule has 1 amide bonds. The average molecular weight is 329 g/mol. The van der Waals surface area contributed by atoms with Crippen molar-refractivity contribution in [2.75, 3.05) is 51.7 Å². The van der Waals surface area contributed by atoms with E-state index in [1.807, 2.05) is 43.3 Å². The normalized spacial score (nSPS) is 16.8. The summed E-state index contributed by atoms with van der Waals surface area (Å²) >= 11 is 0. The summed E-state index contributed by atoms with van der Waals surface area (Å²) in [6, 6.07) is 7.48. The van der Waals surface area contributed by atoms with E-state index in [1.165, 1.54) is 6.08 Å². The number of anilines is 1. The maximum Gasteiger partial charge on any atom is 0.248 e. The minimum absolute atomic E-state index is 0.142. The van der Waals surface area contributed by atoms with Crippen molar-refractivity contribution >= 4 is 11.6 Å². The summed E-state index contributed by atoms with van der Waals surface area (Å²) in [7, 11) is 2.16. The number of benzene rings is 1. The number of rotatable bonds is 7. The smallest absolute Gasteiger partial charge is 0.248 e. The molecule has 0 aliphatic carbocycles. The fourth-order valence-corrected chi connectivity index (χ4v) is 2.44. The summed E-state index contributed by atoms with van der Waals surface area (Å²) < 4.78 is 5.78. The van der Waals surface area contributed by atoms with Gasteiger partial charge in [-0.05, 0) is 38.2 Å². The van der Waals surface area contributed by atoms with Gasteiger partial charge in [0.2, 0.25) is 5.91 Å². The number of amides is 1. The van der Waals surface area contributed by atoms with Crippen LogP contribution in [0, 0.1) is 0 Å². The number of piperazine rings is 1. The van der Waals surface area contributed by atoms with Crippen molar-refractivity contribution in [3.05, 3.63) is 48.6 Å². The van der Waals surface area contributed by atoms with Gasteiger partial charge in [-0.25, -0.2) is 0 Å². The monoisotopic (exact) mass is 329 g/mol. The van der Waals surface area contributed by atoms with Crippen LogP contribution in [0.15, 0.2) is 48.6 Å². The van der Waals surface area contributed by atoms with E-state index < -0.39 is 0 Å². The molecule has 0 bridgehead atoms. The molecule has 0 saturated carbocycles. The molecule has 130 valence electrons. The van der Waals surface area contributed by atoms with Crippen molar-refractivity contribution in [2.24, 2.45) is 0 Å². The summed E-state index contributed by atoms with van der Waals surface area (Å²) in [5.74, 6) is 0.684. The van der Waals surface area contributed by atoms with E-state index in [0.717, 1.165) is 44.2 Å². The lowest BCUT2D eigenvalue weighted by atomic mass is 10.3. The largest absolute Gasteiger partial charge is 0.492 e. The molecule has 0 unspecified atom stereocenters. The zero-order valence-corrected chi connectivity index (χ0v) is 14.6. The molecule has 5 nitrogen and oxygen atoms in total. The summed E-state index contributed by atoms with van der Waals surface area (Å²) in [5, 5.41) is 2.81. The van der Waals surface area contributed by atoms with Crippen LogP contribution >= 0.6 is 0 Å². The van der Waals surface area contributed by atoms with Crippen molar-refractivity contribution in [1.82, 2.24) is 9.80 Å². The van der Waals surface area contributed by atoms with Gasteiger partial charge in [0.25, 0.3) is 0 Å². The first-order chi connectivity index (χ1) is 11.7. The van der Waals surface area contributed by atoms with Crippen molar-refractivity contribution in [3.8, 4) is 5.75 Å². The van der Waals surface area contributed by atoms with Crippen LogP contribution in [0.5, 0.6) is 5.75 Å². The number of carbonyl (C=O) groups is 1. The lowest BCUT2D eigenvalue weighted by Gasteiger charge is -2.32. The molecule has 24 heavy (non-hydrogen) atoms. The minimum Gasteiger partial charge on any atom is -0.492 e. The maximum absolute atomic E-state index is 11.7. The van der Waals surface area contributed by atoms with Crippen molar-refractivity contribution in [2.45, 2.75) is 6.92 Å². The van der Waals surface area contributed by atoms with Gasteiger partial charge >= 0.3 is 0 Å². The van der Waals surface area contributed by atoms with Crippen LogP contribution in [0.3, 0.4) is 0 Å². The molecular weight excluding hydrogens is 302 g/mol. The third-order valence-corrected chi connectivity index (χ3v) is 3.95. The van der Waals surface area contributed by atoms with Gasteiger partial charge in [0.1, 0.15) is 12.4 Å². The highest BCUT2D eigenvalue weighted by Crippen LogP contribution is 2.15. The molecular formula is C19H27N3O2. The van der Waals surface area contributed by atoms with Crippen LogP contribution in [0.1, 0.15) is 6.92 Å². The highest BCUT2D eigenvalue weighted by Gasteiger charge is 2.13. The number of likely N-dealkylation sites (N-methyl/N-ethyl adjacent to an activating group) is 1. The zero-order valence-electron chi connectivity index (χ0n) is 14.6. The number of nitrogens with zero attached hydrogens (tertiary/aromatic N) is 2. The summed E-state index contributed by atoms with van der Waals surface area (Å²) in [6.45, 7) is 7.99. The summed E-state index contributed by atoms with van der Waals surface area (Å²) in [4.78, 5) is 16.4. The number of nitrogens with one attached hydrogen (secondary N) is 1. The third-order valence-electron chi connectivity index (χ3n) is 3.95. The number of hydrogen-bond donors (Lipinski definition) is 1. The standard InChI is InChI=1S/C19H27N3O2/c1-3-4-5-6-19(23)20-17-7-9-18(10-8-17)24-16-15-22-13-11-21(2)12-14-22/h3-10H,11-16H2,1-2H3,(H,20,23)/b4-3+,6-5-. The second-order valence-corrected chi connectivity index (χ2v) is 5.89. The maximum atomic E-state index is 11.7. The van der Waals surface area contributed by atoms with Crippen LogP contribution < -0.4 is 10.1 Å². The molecule has 1 aromatic rings. The van der Waals surface area contributed by atoms with E-state index >= 15 is 0 Å². The van der Waals surface area contributed by atoms with Crippen LogP contribution in [-0.4, -0.2) is 62.1 Å². The molecule has 0 radical (unpaired) electrons. The minimum atomic E-state index is -0.142. The number of carbonyl (C=O) groups excluding carboxylic acids is 1. The predicted octanol–water partition coefficient (Wildman–Crippen LogP) is 2.38. The van der Waals surface area contributed by atoms with Crippen LogP contribution in [0.2, 0.25) is 0 Å². The first-order valence-corrected chi connectivity index (χ1v) is 8.41. The van der Waals surface area contributed by atoms with Crippen LogP contribution in [-0.2, 0) is 4.79 Å². The third kappa shape index (κ3) is 6.56. The Morgan fingerprint density at radius 2 is 1.88 bits per heavy atom. The Balaban J connectivity index is 1.70. The Labute approximate surface area is 144 Å². The number of hydrogen-bond acceptors (Lipinski definition) is 4. The second-order valence-electron chi connectivity index (χ2n) is 5.89. The van der Waals surface area contributed by atoms with Gasteiger partial charge in [-0.15, -0.1) is 0 Å². The lowest BCUT2D eigenvalue weighted by molar-refractivity contribution is -0.111. The Hall–Kier alpha value is -2.11. The molecule has 5 heteroatoms. The van der Waals surface area contributed by atoms with Gasteiger partial charge in [0, 0.05) is 44.5 Å². The average Bonchev–Trinajstić information content (AvgIpc) is 2.58. The molecule has 1 saturated heterocycles. The Morgan fingerprint density at radius 1 is 1.17 bits per heavy atom. The fourth-order valence-electron chi connectivity index (χ4n) is 2.44. The molecule has 1 N–H and O–H groups in total. The first-order valence-electron chi connectivity index (χ1n) is 8.41. The molecule has 0 atom stereocenters. The van der Waals surface area contributed by atoms with Gasteiger partial charge in [0.15, 0.2) is 0 Å². The van der Waals surface area contributed by atoms with Crippen molar-refractivity contribution < 1.29 is 9.53 Å². The van der Waals surface area contributed by atoms with Crippen LogP contribution in [0.4, 0.5) is 5.69 Å². The molecule has 0 aromatic heterocycles. The Morgan fingerprint density at radius 3 is 2.54 bits per heavy atom. The van der Waals surface area contributed by atoms with Gasteiger partial charge in [-0.1, -0.05) is 18.2 Å². The number of ether oxygens (including phenoxy) is 1. The van der Waals surface area contributed by atoms with Gasteiger partial charge in [0.05, 0.1) is 0 Å². The molecule has 1 aliphatic rings. The molecule has 1 heterocycles. The van der Waals surface area contributed by atoms with Crippen LogP contribution in [0.25, 0.3) is 0 Å². The van der Waals surface area contributed by atoms with Gasteiger partial charge in [-0.3, -0.25) is 9.69 Å². The molecule has 1 fully saturated rings. The predicted molar refractivity (Wildman–Crippen MR) is 98.5 cm³/mol. The highest BCUT2D eigenvalue weighted by atomic mass is 16.5. The van der Waals surface area contributed by atoms with Gasteiger partial charge in [-0.2, -0.15) is 0 Å². The molecule has 1 aliphatic heterocycles. The van der Waals surface area contributed by atoms with E-state index in [9.17, 15) is 4.79 Å². The number of allylic oxidation sites excluding steroid dienone is 3. The van der Waals surface area contributed by atoms with Gasteiger partial charge < -0.3 is 15.0 Å². The SMILES string of the molecule is C/C=C/C=C\C(=O)Nc1ccc(OCCN2CCN(C)CC2)cc1. The van der Waals surface area contributed by atoms with E-state index in [0.29, 0.717) is 6.61 Å². The summed E-state index contributed by atoms with van der Waals surface area (Å²) in [5.41, 5.74) is 0.761. The molecule has 0 spiro atoms. The zero-order chi connectivity index (χ0) is 17.2.